The van der Waals surface area contributed by atoms with Crippen molar-refractivity contribution in [2.45, 2.75) is 25.7 Å². The third-order valence-electron chi connectivity index (χ3n) is 4.37. The number of para-hydroxylation sites is 1. The van der Waals surface area contributed by atoms with Crippen LogP contribution in [0.1, 0.15) is 24.0 Å². The summed E-state index contributed by atoms with van der Waals surface area (Å²) in [6, 6.07) is 18.7. The predicted octanol–water partition coefficient (Wildman–Crippen LogP) is 3.19. The summed E-state index contributed by atoms with van der Waals surface area (Å²) in [5.74, 6) is 0.227. The standard InChI is InChI=1S/C20H24N2O/c23-20(22-16-13-18-10-4-5-11-19(18)22)12-15-21-14-6-9-17-7-2-1-3-8-17/h1-5,7-8,10-11,21H,6,9,12-16H2. The Morgan fingerprint density at radius 2 is 1.78 bits per heavy atom. The van der Waals surface area contributed by atoms with Crippen LogP contribution in [0.3, 0.4) is 0 Å². The van der Waals surface area contributed by atoms with Gasteiger partial charge in [0.25, 0.3) is 0 Å². The normalized spacial score (nSPS) is 13.1. The van der Waals surface area contributed by atoms with Gasteiger partial charge >= 0.3 is 0 Å². The Balaban J connectivity index is 1.34. The molecule has 2 aromatic rings. The second-order valence-electron chi connectivity index (χ2n) is 6.01. The first-order valence-corrected chi connectivity index (χ1v) is 8.47. The van der Waals surface area contributed by atoms with Crippen LogP contribution in [0.2, 0.25) is 0 Å². The number of benzene rings is 2. The van der Waals surface area contributed by atoms with E-state index in [-0.39, 0.29) is 5.91 Å². The van der Waals surface area contributed by atoms with Crippen LogP contribution in [0.15, 0.2) is 54.6 Å². The van der Waals surface area contributed by atoms with Crippen LogP contribution in [-0.2, 0) is 17.6 Å². The Labute approximate surface area is 138 Å². The average Bonchev–Trinajstić information content (AvgIpc) is 3.03. The van der Waals surface area contributed by atoms with E-state index in [1.807, 2.05) is 29.2 Å². The molecular weight excluding hydrogens is 284 g/mol. The van der Waals surface area contributed by atoms with Crippen LogP contribution in [0.25, 0.3) is 0 Å². The van der Waals surface area contributed by atoms with Gasteiger partial charge in [-0.25, -0.2) is 0 Å². The molecule has 1 amide bonds. The molecule has 0 radical (unpaired) electrons. The van der Waals surface area contributed by atoms with E-state index in [1.165, 1.54) is 11.1 Å². The molecule has 1 N–H and O–H groups in total. The van der Waals surface area contributed by atoms with E-state index < -0.39 is 0 Å². The van der Waals surface area contributed by atoms with Crippen LogP contribution < -0.4 is 10.2 Å². The van der Waals surface area contributed by atoms with E-state index in [9.17, 15) is 4.79 Å². The summed E-state index contributed by atoms with van der Waals surface area (Å²) in [7, 11) is 0. The number of hydrogen-bond donors (Lipinski definition) is 1. The lowest BCUT2D eigenvalue weighted by atomic mass is 10.1. The molecule has 1 aliphatic rings. The second-order valence-corrected chi connectivity index (χ2v) is 6.01. The predicted molar refractivity (Wildman–Crippen MR) is 94.7 cm³/mol. The molecule has 3 rings (SSSR count). The average molecular weight is 308 g/mol. The number of fused-ring (bicyclic) bond motifs is 1. The summed E-state index contributed by atoms with van der Waals surface area (Å²) in [6.07, 6.45) is 3.73. The number of nitrogens with one attached hydrogen (secondary N) is 1. The fourth-order valence-corrected chi connectivity index (χ4v) is 3.11. The highest BCUT2D eigenvalue weighted by atomic mass is 16.2. The highest BCUT2D eigenvalue weighted by Gasteiger charge is 2.23. The summed E-state index contributed by atoms with van der Waals surface area (Å²) < 4.78 is 0. The molecule has 3 heteroatoms. The van der Waals surface area contributed by atoms with Crippen LogP contribution in [-0.4, -0.2) is 25.5 Å². The van der Waals surface area contributed by atoms with E-state index in [0.717, 1.165) is 44.6 Å². The molecule has 1 aliphatic heterocycles. The number of rotatable bonds is 7. The Morgan fingerprint density at radius 3 is 2.65 bits per heavy atom. The molecule has 0 bridgehead atoms. The maximum Gasteiger partial charge on any atom is 0.228 e. The molecule has 23 heavy (non-hydrogen) atoms. The van der Waals surface area contributed by atoms with Crippen molar-refractivity contribution in [3.05, 3.63) is 65.7 Å². The molecule has 0 spiro atoms. The van der Waals surface area contributed by atoms with Crippen molar-refractivity contribution in [1.29, 1.82) is 0 Å². The Hall–Kier alpha value is -2.13. The number of amides is 1. The lowest BCUT2D eigenvalue weighted by Gasteiger charge is -2.17. The molecule has 1 heterocycles. The third-order valence-corrected chi connectivity index (χ3v) is 4.37. The van der Waals surface area contributed by atoms with Gasteiger partial charge in [-0.1, -0.05) is 48.5 Å². The van der Waals surface area contributed by atoms with E-state index in [0.29, 0.717) is 6.42 Å². The van der Waals surface area contributed by atoms with Gasteiger partial charge in [0.1, 0.15) is 0 Å². The van der Waals surface area contributed by atoms with Crippen molar-refractivity contribution < 1.29 is 4.79 Å². The largest absolute Gasteiger partial charge is 0.316 e. The van der Waals surface area contributed by atoms with Crippen molar-refractivity contribution >= 4 is 11.6 Å². The number of aryl methyl sites for hydroxylation is 1. The van der Waals surface area contributed by atoms with E-state index in [4.69, 9.17) is 0 Å². The Morgan fingerprint density at radius 1 is 1.00 bits per heavy atom. The van der Waals surface area contributed by atoms with E-state index in [2.05, 4.69) is 35.6 Å². The van der Waals surface area contributed by atoms with Gasteiger partial charge in [-0.05, 0) is 43.0 Å². The Bertz CT molecular complexity index is 639. The molecule has 0 unspecified atom stereocenters. The maximum atomic E-state index is 12.3. The molecule has 0 aromatic heterocycles. The fourth-order valence-electron chi connectivity index (χ4n) is 3.11. The van der Waals surface area contributed by atoms with Crippen molar-refractivity contribution in [2.75, 3.05) is 24.5 Å². The molecule has 2 aromatic carbocycles. The monoisotopic (exact) mass is 308 g/mol. The molecule has 0 aliphatic carbocycles. The zero-order valence-electron chi connectivity index (χ0n) is 13.5. The van der Waals surface area contributed by atoms with Gasteiger partial charge in [-0.3, -0.25) is 4.79 Å². The summed E-state index contributed by atoms with van der Waals surface area (Å²) in [5.41, 5.74) is 3.76. The maximum absolute atomic E-state index is 12.3. The van der Waals surface area contributed by atoms with Crippen LogP contribution >= 0.6 is 0 Å². The molecule has 120 valence electrons. The summed E-state index contributed by atoms with van der Waals surface area (Å²) in [4.78, 5) is 14.3. The molecule has 3 nitrogen and oxygen atoms in total. The van der Waals surface area contributed by atoms with Crippen molar-refractivity contribution in [3.8, 4) is 0 Å². The number of anilines is 1. The molecule has 0 saturated heterocycles. The van der Waals surface area contributed by atoms with Crippen LogP contribution in [0.5, 0.6) is 0 Å². The minimum Gasteiger partial charge on any atom is -0.316 e. The van der Waals surface area contributed by atoms with Gasteiger partial charge in [0, 0.05) is 25.2 Å². The lowest BCUT2D eigenvalue weighted by Crippen LogP contribution is -2.32. The van der Waals surface area contributed by atoms with Gasteiger partial charge in [-0.2, -0.15) is 0 Å². The molecule has 0 fully saturated rings. The topological polar surface area (TPSA) is 32.3 Å². The first-order valence-electron chi connectivity index (χ1n) is 8.47. The van der Waals surface area contributed by atoms with Gasteiger partial charge in [0.05, 0.1) is 0 Å². The Kier molecular flexibility index (Phi) is 5.43. The quantitative estimate of drug-likeness (QED) is 0.797. The summed E-state index contributed by atoms with van der Waals surface area (Å²) >= 11 is 0. The number of hydrogen-bond acceptors (Lipinski definition) is 2. The van der Waals surface area contributed by atoms with Gasteiger partial charge < -0.3 is 10.2 Å². The number of nitrogens with zero attached hydrogens (tertiary/aromatic N) is 1. The highest BCUT2D eigenvalue weighted by Crippen LogP contribution is 2.27. The first-order chi connectivity index (χ1) is 11.3. The second kappa shape index (κ2) is 7.93. The van der Waals surface area contributed by atoms with E-state index in [1.54, 1.807) is 0 Å². The highest BCUT2D eigenvalue weighted by molar-refractivity contribution is 5.95. The fraction of sp³-hybridized carbons (Fsp3) is 0.350. The zero-order chi connectivity index (χ0) is 15.9. The molecular formula is C20H24N2O. The third kappa shape index (κ3) is 4.20. The van der Waals surface area contributed by atoms with Crippen LogP contribution in [0.4, 0.5) is 5.69 Å². The van der Waals surface area contributed by atoms with Crippen molar-refractivity contribution in [1.82, 2.24) is 5.32 Å². The van der Waals surface area contributed by atoms with Gasteiger partial charge in [-0.15, -0.1) is 0 Å². The SMILES string of the molecule is O=C(CCNCCCc1ccccc1)N1CCc2ccccc21. The summed E-state index contributed by atoms with van der Waals surface area (Å²) in [6.45, 7) is 2.54. The van der Waals surface area contributed by atoms with E-state index >= 15 is 0 Å². The van der Waals surface area contributed by atoms with Crippen LogP contribution in [0, 0.1) is 0 Å². The van der Waals surface area contributed by atoms with Gasteiger partial charge in [0.15, 0.2) is 0 Å². The minimum atomic E-state index is 0.227. The first kappa shape index (κ1) is 15.8. The number of carbonyl (C=O) groups excluding carboxylic acids is 1. The molecule has 0 atom stereocenters. The molecule has 0 saturated carbocycles. The lowest BCUT2D eigenvalue weighted by molar-refractivity contribution is -0.118. The minimum absolute atomic E-state index is 0.227. The zero-order valence-corrected chi connectivity index (χ0v) is 13.5. The van der Waals surface area contributed by atoms with Crippen molar-refractivity contribution in [3.63, 3.8) is 0 Å². The van der Waals surface area contributed by atoms with Gasteiger partial charge in [0.2, 0.25) is 5.91 Å². The van der Waals surface area contributed by atoms with Crippen molar-refractivity contribution in [2.24, 2.45) is 0 Å². The summed E-state index contributed by atoms with van der Waals surface area (Å²) in [5, 5.41) is 3.39. The smallest absolute Gasteiger partial charge is 0.228 e. The number of carbonyl (C=O) groups is 1.